The van der Waals surface area contributed by atoms with Gasteiger partial charge in [0.25, 0.3) is 10.0 Å². The van der Waals surface area contributed by atoms with E-state index < -0.39 is 16.1 Å². The fourth-order valence-electron chi connectivity index (χ4n) is 1.80. The number of morpholine rings is 1. The Hall–Kier alpha value is -1.03. The number of nitrogens with two attached hydrogens (primary N) is 1. The van der Waals surface area contributed by atoms with Crippen molar-refractivity contribution in [2.75, 3.05) is 19.7 Å². The molecule has 0 bridgehead atoms. The van der Waals surface area contributed by atoms with Crippen molar-refractivity contribution in [3.8, 4) is 0 Å². The monoisotopic (exact) mass is 304 g/mol. The highest BCUT2D eigenvalue weighted by Crippen LogP contribution is 2.18. The van der Waals surface area contributed by atoms with Crippen LogP contribution in [0.15, 0.2) is 11.2 Å². The molecule has 1 aromatic heterocycles. The number of nitrogens with zero attached hydrogens (tertiary/aromatic N) is 3. The lowest BCUT2D eigenvalue weighted by Crippen LogP contribution is -2.49. The number of ether oxygens (including phenoxy) is 1. The molecule has 7 nitrogen and oxygen atoms in total. The van der Waals surface area contributed by atoms with Gasteiger partial charge in [0, 0.05) is 26.3 Å². The maximum atomic E-state index is 12.4. The Kier molecular flexibility index (Phi) is 3.90. The Labute approximate surface area is 117 Å². The van der Waals surface area contributed by atoms with Gasteiger partial charge in [-0.3, -0.25) is 0 Å². The van der Waals surface area contributed by atoms with Crippen molar-refractivity contribution in [3.63, 3.8) is 0 Å². The fourth-order valence-corrected chi connectivity index (χ4v) is 3.39. The molecule has 2 N–H and O–H groups in total. The molecule has 19 heavy (non-hydrogen) atoms. The second-order valence-electron chi connectivity index (χ2n) is 4.36. The first-order chi connectivity index (χ1) is 8.82. The zero-order valence-electron chi connectivity index (χ0n) is 10.7. The summed E-state index contributed by atoms with van der Waals surface area (Å²) in [6.07, 6.45) is 0.957. The van der Waals surface area contributed by atoms with Gasteiger partial charge in [-0.25, -0.2) is 13.4 Å². The molecule has 0 radical (unpaired) electrons. The van der Waals surface area contributed by atoms with Gasteiger partial charge in [0.2, 0.25) is 0 Å². The van der Waals surface area contributed by atoms with Gasteiger partial charge in [0.05, 0.1) is 6.61 Å². The molecule has 106 valence electrons. The Morgan fingerprint density at radius 1 is 1.63 bits per heavy atom. The van der Waals surface area contributed by atoms with E-state index in [1.807, 2.05) is 0 Å². The topological polar surface area (TPSA) is 90.4 Å². The van der Waals surface area contributed by atoms with Crippen LogP contribution in [0.5, 0.6) is 0 Å². The second kappa shape index (κ2) is 5.16. The molecule has 0 spiro atoms. The van der Waals surface area contributed by atoms with Gasteiger partial charge in [0.15, 0.2) is 5.03 Å². The van der Waals surface area contributed by atoms with Crippen LogP contribution in [0.2, 0.25) is 0 Å². The third kappa shape index (κ3) is 2.78. The highest BCUT2D eigenvalue weighted by Gasteiger charge is 2.33. The number of thiocarbonyl (C=S) groups is 1. The largest absolute Gasteiger partial charge is 0.391 e. The van der Waals surface area contributed by atoms with Crippen LogP contribution in [0, 0.1) is 6.92 Å². The fraction of sp³-hybridized carbons (Fsp3) is 0.600. The molecule has 0 aliphatic carbocycles. The van der Waals surface area contributed by atoms with E-state index >= 15 is 0 Å². The summed E-state index contributed by atoms with van der Waals surface area (Å²) >= 11 is 4.84. The summed E-state index contributed by atoms with van der Waals surface area (Å²) < 4.78 is 33.2. The Bertz CT molecular complexity index is 576. The first-order valence-corrected chi connectivity index (χ1v) is 7.58. The molecule has 1 unspecified atom stereocenters. The highest BCUT2D eigenvalue weighted by molar-refractivity contribution is 7.89. The van der Waals surface area contributed by atoms with Crippen molar-refractivity contribution in [3.05, 3.63) is 12.0 Å². The number of aryl methyl sites for hydroxylation is 2. The van der Waals surface area contributed by atoms with Crippen LogP contribution < -0.4 is 5.73 Å². The second-order valence-corrected chi connectivity index (χ2v) is 6.72. The standard InChI is InChI=1S/C10H16N4O3S2/c1-7-12-9(6-13(7)2)19(15,16)14-3-4-17-8(5-14)10(11)18/h6,8H,3-5H2,1-2H3,(H2,11,18). The third-order valence-electron chi connectivity index (χ3n) is 3.04. The predicted molar refractivity (Wildman–Crippen MR) is 73.2 cm³/mol. The van der Waals surface area contributed by atoms with E-state index in [-0.39, 0.29) is 29.7 Å². The third-order valence-corrected chi connectivity index (χ3v) is 5.04. The average Bonchev–Trinajstić information content (AvgIpc) is 2.70. The van der Waals surface area contributed by atoms with E-state index in [2.05, 4.69) is 4.98 Å². The molecular formula is C10H16N4O3S2. The van der Waals surface area contributed by atoms with Crippen LogP contribution in [0.3, 0.4) is 0 Å². The molecule has 1 saturated heterocycles. The number of sulfonamides is 1. The summed E-state index contributed by atoms with van der Waals surface area (Å²) in [5, 5.41) is 0.0380. The summed E-state index contributed by atoms with van der Waals surface area (Å²) in [6, 6.07) is 0. The Morgan fingerprint density at radius 2 is 2.32 bits per heavy atom. The van der Waals surface area contributed by atoms with E-state index in [0.29, 0.717) is 5.82 Å². The van der Waals surface area contributed by atoms with E-state index in [4.69, 9.17) is 22.7 Å². The normalized spacial score (nSPS) is 21.5. The van der Waals surface area contributed by atoms with Crippen molar-refractivity contribution in [2.24, 2.45) is 12.8 Å². The lowest BCUT2D eigenvalue weighted by atomic mass is 10.3. The summed E-state index contributed by atoms with van der Waals surface area (Å²) in [6.45, 7) is 2.42. The molecule has 0 amide bonds. The van der Waals surface area contributed by atoms with E-state index in [9.17, 15) is 8.42 Å². The van der Waals surface area contributed by atoms with Crippen LogP contribution in [0.4, 0.5) is 0 Å². The molecule has 0 saturated carbocycles. The SMILES string of the molecule is Cc1nc(S(=O)(=O)N2CCOC(C(N)=S)C2)cn1C. The lowest BCUT2D eigenvalue weighted by Gasteiger charge is -2.30. The van der Waals surface area contributed by atoms with Crippen LogP contribution >= 0.6 is 12.2 Å². The smallest absolute Gasteiger partial charge is 0.262 e. The minimum atomic E-state index is -3.62. The van der Waals surface area contributed by atoms with E-state index in [0.717, 1.165) is 0 Å². The van der Waals surface area contributed by atoms with E-state index in [1.165, 1.54) is 10.5 Å². The highest BCUT2D eigenvalue weighted by atomic mass is 32.2. The van der Waals surface area contributed by atoms with E-state index in [1.54, 1.807) is 18.5 Å². The van der Waals surface area contributed by atoms with Gasteiger partial charge in [-0.1, -0.05) is 12.2 Å². The van der Waals surface area contributed by atoms with Crippen molar-refractivity contribution in [1.82, 2.24) is 13.9 Å². The van der Waals surface area contributed by atoms with Gasteiger partial charge in [0.1, 0.15) is 16.9 Å². The molecule has 1 aromatic rings. The maximum absolute atomic E-state index is 12.4. The van der Waals surface area contributed by atoms with Crippen LogP contribution in [0.1, 0.15) is 5.82 Å². The summed E-state index contributed by atoms with van der Waals surface area (Å²) in [4.78, 5) is 4.22. The predicted octanol–water partition coefficient (Wildman–Crippen LogP) is -0.596. The Balaban J connectivity index is 2.26. The van der Waals surface area contributed by atoms with Crippen molar-refractivity contribution >= 4 is 27.2 Å². The van der Waals surface area contributed by atoms with Crippen LogP contribution in [-0.2, 0) is 21.8 Å². The lowest BCUT2D eigenvalue weighted by molar-refractivity contribution is 0.0385. The van der Waals surface area contributed by atoms with Gasteiger partial charge in [-0.2, -0.15) is 4.31 Å². The molecule has 1 aliphatic rings. The molecule has 0 aromatic carbocycles. The number of imidazole rings is 1. The van der Waals surface area contributed by atoms with Crippen molar-refractivity contribution in [2.45, 2.75) is 18.1 Å². The maximum Gasteiger partial charge on any atom is 0.262 e. The number of rotatable bonds is 3. The first-order valence-electron chi connectivity index (χ1n) is 5.73. The minimum absolute atomic E-state index is 0.0380. The summed E-state index contributed by atoms with van der Waals surface area (Å²) in [5.41, 5.74) is 5.50. The molecule has 2 heterocycles. The van der Waals surface area contributed by atoms with Crippen molar-refractivity contribution in [1.29, 1.82) is 0 Å². The zero-order chi connectivity index (χ0) is 14.2. The van der Waals surface area contributed by atoms with Crippen LogP contribution in [0.25, 0.3) is 0 Å². The number of hydrogen-bond acceptors (Lipinski definition) is 5. The van der Waals surface area contributed by atoms with Gasteiger partial charge in [-0.15, -0.1) is 0 Å². The van der Waals surface area contributed by atoms with Gasteiger partial charge >= 0.3 is 0 Å². The molecule has 2 rings (SSSR count). The summed E-state index contributed by atoms with van der Waals surface area (Å²) in [5.74, 6) is 0.637. The molecular weight excluding hydrogens is 288 g/mol. The molecule has 9 heteroatoms. The average molecular weight is 304 g/mol. The molecule has 1 atom stereocenters. The molecule has 1 fully saturated rings. The minimum Gasteiger partial charge on any atom is -0.391 e. The molecule has 1 aliphatic heterocycles. The Morgan fingerprint density at radius 3 is 2.84 bits per heavy atom. The van der Waals surface area contributed by atoms with Crippen LogP contribution in [-0.4, -0.2) is 53.1 Å². The zero-order valence-corrected chi connectivity index (χ0v) is 12.4. The van der Waals surface area contributed by atoms with Crippen molar-refractivity contribution < 1.29 is 13.2 Å². The van der Waals surface area contributed by atoms with Gasteiger partial charge < -0.3 is 15.0 Å². The summed E-state index contributed by atoms with van der Waals surface area (Å²) in [7, 11) is -1.88. The number of hydrogen-bond donors (Lipinski definition) is 1. The quantitative estimate of drug-likeness (QED) is 0.750. The van der Waals surface area contributed by atoms with Gasteiger partial charge in [-0.05, 0) is 6.92 Å². The number of aromatic nitrogens is 2. The first kappa shape index (κ1) is 14.4.